The Morgan fingerprint density at radius 2 is 1.77 bits per heavy atom. The number of nitrogens with one attached hydrogen (secondary N) is 2. The van der Waals surface area contributed by atoms with Crippen LogP contribution in [-0.4, -0.2) is 25.5 Å². The summed E-state index contributed by atoms with van der Waals surface area (Å²) < 4.78 is 4.66. The van der Waals surface area contributed by atoms with Crippen LogP contribution < -0.4 is 10.6 Å². The van der Waals surface area contributed by atoms with Crippen molar-refractivity contribution in [2.24, 2.45) is 0 Å². The van der Waals surface area contributed by atoms with Gasteiger partial charge in [0.1, 0.15) is 0 Å². The smallest absolute Gasteiger partial charge is 0.337 e. The zero-order valence-electron chi connectivity index (χ0n) is 12.6. The molecule has 0 bridgehead atoms. The summed E-state index contributed by atoms with van der Waals surface area (Å²) in [5.74, 6) is -0.569. The number of aryl methyl sites for hydroxylation is 1. The minimum Gasteiger partial charge on any atom is -0.465 e. The number of methoxy groups -OCH3 is 1. The Labute approximate surface area is 129 Å². The van der Waals surface area contributed by atoms with E-state index >= 15 is 0 Å². The lowest BCUT2D eigenvalue weighted by atomic mass is 10.2. The molecule has 1 amide bonds. The van der Waals surface area contributed by atoms with Crippen LogP contribution in [-0.2, 0) is 9.53 Å². The van der Waals surface area contributed by atoms with Crippen molar-refractivity contribution in [3.05, 3.63) is 59.7 Å². The first-order valence-corrected chi connectivity index (χ1v) is 6.87. The number of carbonyl (C=O) groups excluding carboxylic acids is 2. The van der Waals surface area contributed by atoms with E-state index in [9.17, 15) is 9.59 Å². The molecule has 0 saturated carbocycles. The van der Waals surface area contributed by atoms with Gasteiger partial charge in [0, 0.05) is 11.4 Å². The van der Waals surface area contributed by atoms with Gasteiger partial charge in [0.2, 0.25) is 5.91 Å². The summed E-state index contributed by atoms with van der Waals surface area (Å²) in [6, 6.07) is 14.4. The molecule has 2 aromatic rings. The van der Waals surface area contributed by atoms with Gasteiger partial charge < -0.3 is 15.4 Å². The zero-order chi connectivity index (χ0) is 15.9. The molecule has 2 N–H and O–H groups in total. The highest BCUT2D eigenvalue weighted by atomic mass is 16.5. The number of anilines is 2. The average molecular weight is 298 g/mol. The molecule has 0 heterocycles. The normalized spacial score (nSPS) is 9.91. The number of carbonyl (C=O) groups is 2. The Balaban J connectivity index is 1.91. The first-order chi connectivity index (χ1) is 10.6. The molecule has 22 heavy (non-hydrogen) atoms. The number of rotatable bonds is 5. The second-order valence-electron chi connectivity index (χ2n) is 4.84. The first-order valence-electron chi connectivity index (χ1n) is 6.87. The molecule has 2 aromatic carbocycles. The zero-order valence-corrected chi connectivity index (χ0v) is 12.6. The molecule has 0 aliphatic carbocycles. The van der Waals surface area contributed by atoms with E-state index in [0.29, 0.717) is 11.3 Å². The number of esters is 1. The lowest BCUT2D eigenvalue weighted by Crippen LogP contribution is -2.21. The lowest BCUT2D eigenvalue weighted by Gasteiger charge is -2.09. The third-order valence-electron chi connectivity index (χ3n) is 3.07. The Bertz CT molecular complexity index is 666. The standard InChI is InChI=1S/C17H18N2O3/c1-12-6-8-14(9-7-12)19-16(20)11-18-15-5-3-4-13(10-15)17(21)22-2/h3-10,18H,11H2,1-2H3,(H,19,20). The van der Waals surface area contributed by atoms with Crippen molar-refractivity contribution in [3.63, 3.8) is 0 Å². The van der Waals surface area contributed by atoms with Gasteiger partial charge >= 0.3 is 5.97 Å². The van der Waals surface area contributed by atoms with Crippen LogP contribution in [0.25, 0.3) is 0 Å². The summed E-state index contributed by atoms with van der Waals surface area (Å²) >= 11 is 0. The highest BCUT2D eigenvalue weighted by Crippen LogP contribution is 2.12. The van der Waals surface area contributed by atoms with Gasteiger partial charge in [-0.05, 0) is 37.3 Å². The van der Waals surface area contributed by atoms with E-state index in [-0.39, 0.29) is 12.5 Å². The third kappa shape index (κ3) is 4.34. The molecule has 2 rings (SSSR count). The number of benzene rings is 2. The van der Waals surface area contributed by atoms with Crippen molar-refractivity contribution in [1.29, 1.82) is 0 Å². The predicted octanol–water partition coefficient (Wildman–Crippen LogP) is 2.83. The van der Waals surface area contributed by atoms with Crippen molar-refractivity contribution < 1.29 is 14.3 Å². The van der Waals surface area contributed by atoms with E-state index in [1.807, 2.05) is 31.2 Å². The average Bonchev–Trinajstić information content (AvgIpc) is 2.54. The van der Waals surface area contributed by atoms with Crippen LogP contribution in [0.15, 0.2) is 48.5 Å². The molecule has 0 aliphatic heterocycles. The Kier molecular flexibility index (Phi) is 5.14. The second-order valence-corrected chi connectivity index (χ2v) is 4.84. The van der Waals surface area contributed by atoms with E-state index in [1.54, 1.807) is 24.3 Å². The fourth-order valence-corrected chi connectivity index (χ4v) is 1.90. The summed E-state index contributed by atoms with van der Waals surface area (Å²) in [5.41, 5.74) is 3.00. The highest BCUT2D eigenvalue weighted by Gasteiger charge is 2.06. The Morgan fingerprint density at radius 3 is 2.45 bits per heavy atom. The molecular formula is C17H18N2O3. The minimum atomic E-state index is -0.409. The number of amides is 1. The summed E-state index contributed by atoms with van der Waals surface area (Å²) in [6.45, 7) is 2.10. The lowest BCUT2D eigenvalue weighted by molar-refractivity contribution is -0.114. The van der Waals surface area contributed by atoms with E-state index in [0.717, 1.165) is 11.3 Å². The van der Waals surface area contributed by atoms with Gasteiger partial charge in [-0.15, -0.1) is 0 Å². The predicted molar refractivity (Wildman–Crippen MR) is 86.1 cm³/mol. The van der Waals surface area contributed by atoms with Crippen LogP contribution in [0.4, 0.5) is 11.4 Å². The fourth-order valence-electron chi connectivity index (χ4n) is 1.90. The molecule has 0 saturated heterocycles. The molecule has 5 heteroatoms. The molecule has 5 nitrogen and oxygen atoms in total. The second kappa shape index (κ2) is 7.26. The third-order valence-corrected chi connectivity index (χ3v) is 3.07. The van der Waals surface area contributed by atoms with Gasteiger partial charge in [-0.25, -0.2) is 4.79 Å². The van der Waals surface area contributed by atoms with E-state index < -0.39 is 5.97 Å². The van der Waals surface area contributed by atoms with Crippen LogP contribution in [0.3, 0.4) is 0 Å². The van der Waals surface area contributed by atoms with Gasteiger partial charge in [-0.3, -0.25) is 4.79 Å². The quantitative estimate of drug-likeness (QED) is 0.833. The molecule has 0 spiro atoms. The first kappa shape index (κ1) is 15.6. The molecule has 0 radical (unpaired) electrons. The van der Waals surface area contributed by atoms with E-state index in [1.165, 1.54) is 7.11 Å². The fraction of sp³-hybridized carbons (Fsp3) is 0.176. The molecule has 0 aromatic heterocycles. The largest absolute Gasteiger partial charge is 0.465 e. The number of ether oxygens (including phenoxy) is 1. The monoisotopic (exact) mass is 298 g/mol. The van der Waals surface area contributed by atoms with Crippen molar-refractivity contribution >= 4 is 23.3 Å². The van der Waals surface area contributed by atoms with Gasteiger partial charge in [0.15, 0.2) is 0 Å². The van der Waals surface area contributed by atoms with Crippen LogP contribution in [0.2, 0.25) is 0 Å². The van der Waals surface area contributed by atoms with Crippen LogP contribution >= 0.6 is 0 Å². The molecule has 0 unspecified atom stereocenters. The Hall–Kier alpha value is -2.82. The molecule has 0 atom stereocenters. The highest BCUT2D eigenvalue weighted by molar-refractivity contribution is 5.94. The summed E-state index contributed by atoms with van der Waals surface area (Å²) in [6.07, 6.45) is 0. The molecule has 0 aliphatic rings. The minimum absolute atomic E-state index is 0.110. The van der Waals surface area contributed by atoms with E-state index in [4.69, 9.17) is 0 Å². The van der Waals surface area contributed by atoms with Gasteiger partial charge in [0.05, 0.1) is 19.2 Å². The maximum Gasteiger partial charge on any atom is 0.337 e. The SMILES string of the molecule is COC(=O)c1cccc(NCC(=O)Nc2ccc(C)cc2)c1. The topological polar surface area (TPSA) is 67.4 Å². The van der Waals surface area contributed by atoms with Crippen LogP contribution in [0.1, 0.15) is 15.9 Å². The molecule has 114 valence electrons. The molecule has 0 fully saturated rings. The van der Waals surface area contributed by atoms with Gasteiger partial charge in [-0.2, -0.15) is 0 Å². The van der Waals surface area contributed by atoms with Crippen molar-refractivity contribution in [2.75, 3.05) is 24.3 Å². The maximum absolute atomic E-state index is 11.9. The van der Waals surface area contributed by atoms with E-state index in [2.05, 4.69) is 15.4 Å². The van der Waals surface area contributed by atoms with Crippen molar-refractivity contribution in [3.8, 4) is 0 Å². The summed E-state index contributed by atoms with van der Waals surface area (Å²) in [7, 11) is 1.33. The summed E-state index contributed by atoms with van der Waals surface area (Å²) in [5, 5.41) is 5.77. The Morgan fingerprint density at radius 1 is 1.05 bits per heavy atom. The van der Waals surface area contributed by atoms with Gasteiger partial charge in [-0.1, -0.05) is 23.8 Å². The number of hydrogen-bond donors (Lipinski definition) is 2. The van der Waals surface area contributed by atoms with Crippen LogP contribution in [0.5, 0.6) is 0 Å². The van der Waals surface area contributed by atoms with Crippen molar-refractivity contribution in [2.45, 2.75) is 6.92 Å². The molecular weight excluding hydrogens is 280 g/mol. The summed E-state index contributed by atoms with van der Waals surface area (Å²) in [4.78, 5) is 23.3. The maximum atomic E-state index is 11.9. The number of hydrogen-bond acceptors (Lipinski definition) is 4. The van der Waals surface area contributed by atoms with Crippen molar-refractivity contribution in [1.82, 2.24) is 0 Å². The van der Waals surface area contributed by atoms with Crippen LogP contribution in [0, 0.1) is 6.92 Å². The van der Waals surface area contributed by atoms with Gasteiger partial charge in [0.25, 0.3) is 0 Å².